The lowest BCUT2D eigenvalue weighted by molar-refractivity contribution is 0.0383. The molecule has 120 valence electrons. The van der Waals surface area contributed by atoms with E-state index in [1.165, 1.54) is 5.56 Å². The molecule has 0 aliphatic heterocycles. The van der Waals surface area contributed by atoms with Gasteiger partial charge in [-0.05, 0) is 26.1 Å². The highest BCUT2D eigenvalue weighted by Gasteiger charge is 2.25. The smallest absolute Gasteiger partial charge is 0.247 e. The van der Waals surface area contributed by atoms with Gasteiger partial charge in [0.2, 0.25) is 11.8 Å². The first-order valence-corrected chi connectivity index (χ1v) is 7.25. The quantitative estimate of drug-likeness (QED) is 0.806. The first kappa shape index (κ1) is 16.6. The molecule has 0 bridgehead atoms. The minimum Gasteiger partial charge on any atom is -0.419 e. The van der Waals surface area contributed by atoms with Crippen LogP contribution in [-0.4, -0.2) is 52.1 Å². The van der Waals surface area contributed by atoms with E-state index in [9.17, 15) is 10.2 Å². The predicted octanol–water partition coefficient (Wildman–Crippen LogP) is 1.47. The molecule has 6 nitrogen and oxygen atoms in total. The molecule has 0 spiro atoms. The maximum absolute atomic E-state index is 9.34. The second-order valence-electron chi connectivity index (χ2n) is 6.17. The minimum absolute atomic E-state index is 0.0771. The molecule has 0 radical (unpaired) electrons. The zero-order valence-electron chi connectivity index (χ0n) is 13.3. The molecule has 1 aromatic carbocycles. The van der Waals surface area contributed by atoms with Crippen molar-refractivity contribution in [3.63, 3.8) is 0 Å². The van der Waals surface area contributed by atoms with E-state index in [0.29, 0.717) is 24.9 Å². The monoisotopic (exact) mass is 305 g/mol. The average molecular weight is 305 g/mol. The Kier molecular flexibility index (Phi) is 5.28. The van der Waals surface area contributed by atoms with E-state index in [0.717, 1.165) is 5.56 Å². The number of hydrogen-bond acceptors (Lipinski definition) is 6. The number of nitrogens with zero attached hydrogens (tertiary/aromatic N) is 3. The molecule has 2 aromatic rings. The van der Waals surface area contributed by atoms with E-state index in [-0.39, 0.29) is 13.2 Å². The first-order valence-electron chi connectivity index (χ1n) is 7.25. The summed E-state index contributed by atoms with van der Waals surface area (Å²) in [5.41, 5.74) is 1.52. The predicted molar refractivity (Wildman–Crippen MR) is 83.1 cm³/mol. The van der Waals surface area contributed by atoms with Crippen LogP contribution in [0, 0.1) is 12.3 Å². The molecule has 0 saturated carbocycles. The summed E-state index contributed by atoms with van der Waals surface area (Å²) in [4.78, 5) is 1.94. The van der Waals surface area contributed by atoms with Gasteiger partial charge in [-0.3, -0.25) is 4.90 Å². The van der Waals surface area contributed by atoms with Gasteiger partial charge in [-0.2, -0.15) is 0 Å². The standard InChI is InChI=1S/C16H23N3O3/c1-12-4-6-13(7-5-12)15-18-17-14(22-15)8-19(3)9-16(2,10-20)11-21/h4-7,20-21H,8-11H2,1-3H3. The summed E-state index contributed by atoms with van der Waals surface area (Å²) in [6.45, 7) is 4.70. The average Bonchev–Trinajstić information content (AvgIpc) is 2.96. The zero-order valence-corrected chi connectivity index (χ0v) is 13.3. The fraction of sp³-hybridized carbons (Fsp3) is 0.500. The van der Waals surface area contributed by atoms with E-state index < -0.39 is 5.41 Å². The molecule has 0 amide bonds. The van der Waals surface area contributed by atoms with Gasteiger partial charge in [-0.15, -0.1) is 10.2 Å². The third kappa shape index (κ3) is 4.13. The van der Waals surface area contributed by atoms with Crippen LogP contribution in [-0.2, 0) is 6.54 Å². The Morgan fingerprint density at radius 1 is 1.14 bits per heavy atom. The highest BCUT2D eigenvalue weighted by Crippen LogP contribution is 2.20. The molecule has 0 saturated heterocycles. The van der Waals surface area contributed by atoms with Crippen molar-refractivity contribution in [3.05, 3.63) is 35.7 Å². The zero-order chi connectivity index (χ0) is 16.2. The molecule has 2 N–H and O–H groups in total. The van der Waals surface area contributed by atoms with Crippen LogP contribution >= 0.6 is 0 Å². The van der Waals surface area contributed by atoms with E-state index in [1.54, 1.807) is 0 Å². The summed E-state index contributed by atoms with van der Waals surface area (Å²) in [5.74, 6) is 1.01. The highest BCUT2D eigenvalue weighted by molar-refractivity contribution is 5.52. The molecule has 0 unspecified atom stereocenters. The second kappa shape index (κ2) is 7.00. The number of benzene rings is 1. The van der Waals surface area contributed by atoms with Gasteiger partial charge >= 0.3 is 0 Å². The Morgan fingerprint density at radius 2 is 1.77 bits per heavy atom. The SMILES string of the molecule is Cc1ccc(-c2nnc(CN(C)CC(C)(CO)CO)o2)cc1. The summed E-state index contributed by atoms with van der Waals surface area (Å²) in [6, 6.07) is 7.90. The van der Waals surface area contributed by atoms with E-state index in [1.807, 2.05) is 50.1 Å². The van der Waals surface area contributed by atoms with Crippen LogP contribution in [0.5, 0.6) is 0 Å². The molecule has 22 heavy (non-hydrogen) atoms. The molecule has 0 atom stereocenters. The molecule has 1 aromatic heterocycles. The second-order valence-corrected chi connectivity index (χ2v) is 6.17. The van der Waals surface area contributed by atoms with Crippen LogP contribution in [0.2, 0.25) is 0 Å². The molecule has 1 heterocycles. The van der Waals surface area contributed by atoms with Crippen molar-refractivity contribution >= 4 is 0 Å². The van der Waals surface area contributed by atoms with E-state index in [2.05, 4.69) is 10.2 Å². The maximum Gasteiger partial charge on any atom is 0.247 e. The summed E-state index contributed by atoms with van der Waals surface area (Å²) in [6.07, 6.45) is 0. The minimum atomic E-state index is -0.547. The topological polar surface area (TPSA) is 82.6 Å². The summed E-state index contributed by atoms with van der Waals surface area (Å²) in [7, 11) is 1.89. The maximum atomic E-state index is 9.34. The number of aromatic nitrogens is 2. The summed E-state index contributed by atoms with van der Waals surface area (Å²) >= 11 is 0. The van der Waals surface area contributed by atoms with Gasteiger partial charge in [0.25, 0.3) is 0 Å². The molecule has 0 aliphatic carbocycles. The van der Waals surface area contributed by atoms with Crippen LogP contribution in [0.1, 0.15) is 18.4 Å². The number of aliphatic hydroxyl groups is 2. The molecule has 0 fully saturated rings. The van der Waals surface area contributed by atoms with Gasteiger partial charge in [0.05, 0.1) is 19.8 Å². The van der Waals surface area contributed by atoms with Crippen molar-refractivity contribution in [1.29, 1.82) is 0 Å². The van der Waals surface area contributed by atoms with Crippen molar-refractivity contribution in [1.82, 2.24) is 15.1 Å². The van der Waals surface area contributed by atoms with Crippen molar-refractivity contribution < 1.29 is 14.6 Å². The Balaban J connectivity index is 2.01. The van der Waals surface area contributed by atoms with Crippen molar-refractivity contribution in [2.75, 3.05) is 26.8 Å². The van der Waals surface area contributed by atoms with Crippen molar-refractivity contribution in [2.45, 2.75) is 20.4 Å². The van der Waals surface area contributed by atoms with Gasteiger partial charge in [-0.1, -0.05) is 24.6 Å². The Bertz CT molecular complexity index is 591. The number of aryl methyl sites for hydroxylation is 1. The Labute approximate surface area is 130 Å². The van der Waals surface area contributed by atoms with Crippen LogP contribution in [0.25, 0.3) is 11.5 Å². The van der Waals surface area contributed by atoms with Crippen molar-refractivity contribution in [2.24, 2.45) is 5.41 Å². The van der Waals surface area contributed by atoms with Crippen LogP contribution in [0.3, 0.4) is 0 Å². The number of aliphatic hydroxyl groups excluding tert-OH is 2. The van der Waals surface area contributed by atoms with Gasteiger partial charge in [0, 0.05) is 17.5 Å². The normalized spacial score (nSPS) is 12.1. The van der Waals surface area contributed by atoms with E-state index >= 15 is 0 Å². The summed E-state index contributed by atoms with van der Waals surface area (Å²) < 4.78 is 5.67. The van der Waals surface area contributed by atoms with Crippen LogP contribution in [0.4, 0.5) is 0 Å². The van der Waals surface area contributed by atoms with E-state index in [4.69, 9.17) is 4.42 Å². The number of hydrogen-bond donors (Lipinski definition) is 2. The number of rotatable bonds is 7. The fourth-order valence-electron chi connectivity index (χ4n) is 2.22. The molecule has 0 aliphatic rings. The van der Waals surface area contributed by atoms with Gasteiger partial charge in [0.15, 0.2) is 0 Å². The van der Waals surface area contributed by atoms with Gasteiger partial charge in [0.1, 0.15) is 0 Å². The highest BCUT2D eigenvalue weighted by atomic mass is 16.4. The van der Waals surface area contributed by atoms with Crippen LogP contribution < -0.4 is 0 Å². The third-order valence-electron chi connectivity index (χ3n) is 3.59. The first-order chi connectivity index (χ1) is 10.5. The van der Waals surface area contributed by atoms with Crippen LogP contribution in [0.15, 0.2) is 28.7 Å². The molecule has 2 rings (SSSR count). The Hall–Kier alpha value is -1.76. The Morgan fingerprint density at radius 3 is 2.36 bits per heavy atom. The lowest BCUT2D eigenvalue weighted by atomic mass is 9.92. The fourth-order valence-corrected chi connectivity index (χ4v) is 2.22. The largest absolute Gasteiger partial charge is 0.419 e. The molecular formula is C16H23N3O3. The lowest BCUT2D eigenvalue weighted by Gasteiger charge is -2.29. The third-order valence-corrected chi connectivity index (χ3v) is 3.59. The molecule has 6 heteroatoms. The summed E-state index contributed by atoms with van der Waals surface area (Å²) in [5, 5.41) is 26.8. The van der Waals surface area contributed by atoms with Crippen molar-refractivity contribution in [3.8, 4) is 11.5 Å². The van der Waals surface area contributed by atoms with Gasteiger partial charge < -0.3 is 14.6 Å². The lowest BCUT2D eigenvalue weighted by Crippen LogP contribution is -2.38. The molecular weight excluding hydrogens is 282 g/mol. The van der Waals surface area contributed by atoms with Gasteiger partial charge in [-0.25, -0.2) is 0 Å².